The number of hydrogen-bond acceptors (Lipinski definition) is 4. The fourth-order valence-electron chi connectivity index (χ4n) is 1.64. The third-order valence-electron chi connectivity index (χ3n) is 2.76. The number of carbonyl (C=O) groups excluding carboxylic acids is 1. The zero-order valence-corrected chi connectivity index (χ0v) is 11.3. The number of nitro groups is 1. The number of nitrogens with one attached hydrogen (secondary N) is 1. The molecule has 20 heavy (non-hydrogen) atoms. The molecule has 1 heterocycles. The van der Waals surface area contributed by atoms with Crippen molar-refractivity contribution >= 4 is 23.2 Å². The van der Waals surface area contributed by atoms with Gasteiger partial charge in [-0.3, -0.25) is 19.6 Å². The predicted molar refractivity (Wildman–Crippen MR) is 72.5 cm³/mol. The maximum absolute atomic E-state index is 12.0. The number of aromatic nitrogens is 2. The maximum atomic E-state index is 12.0. The highest BCUT2D eigenvalue weighted by atomic mass is 35.5. The molecule has 0 aliphatic heterocycles. The molecule has 0 radical (unpaired) electrons. The monoisotopic (exact) mass is 294 g/mol. The summed E-state index contributed by atoms with van der Waals surface area (Å²) in [6.45, 7) is 0.258. The van der Waals surface area contributed by atoms with E-state index in [1.807, 2.05) is 0 Å². The van der Waals surface area contributed by atoms with Gasteiger partial charge in [0.05, 0.1) is 27.7 Å². The summed E-state index contributed by atoms with van der Waals surface area (Å²) in [5.74, 6) is -0.472. The first-order valence-corrected chi connectivity index (χ1v) is 6.06. The molecule has 0 unspecified atom stereocenters. The summed E-state index contributed by atoms with van der Waals surface area (Å²) in [5, 5.41) is 17.5. The Morgan fingerprint density at radius 1 is 1.50 bits per heavy atom. The molecule has 0 fully saturated rings. The molecule has 8 heteroatoms. The lowest BCUT2D eigenvalue weighted by atomic mass is 10.2. The van der Waals surface area contributed by atoms with Crippen LogP contribution in [0.3, 0.4) is 0 Å². The van der Waals surface area contributed by atoms with Crippen molar-refractivity contribution in [1.82, 2.24) is 15.1 Å². The normalized spacial score (nSPS) is 10.3. The van der Waals surface area contributed by atoms with Crippen LogP contribution in [-0.4, -0.2) is 20.6 Å². The number of benzene rings is 1. The van der Waals surface area contributed by atoms with Gasteiger partial charge in [0.1, 0.15) is 0 Å². The standard InChI is InChI=1S/C12H11ClN4O3/c1-16-9(4-5-15-16)7-14-12(18)10-6-8(17(19)20)2-3-11(10)13/h2-6H,7H2,1H3,(H,14,18). The smallest absolute Gasteiger partial charge is 0.270 e. The number of aryl methyl sites for hydroxylation is 1. The van der Waals surface area contributed by atoms with Crippen LogP contribution in [-0.2, 0) is 13.6 Å². The molecule has 0 saturated heterocycles. The highest BCUT2D eigenvalue weighted by molar-refractivity contribution is 6.33. The zero-order chi connectivity index (χ0) is 14.7. The van der Waals surface area contributed by atoms with E-state index in [1.165, 1.54) is 12.1 Å². The Hall–Kier alpha value is -2.41. The van der Waals surface area contributed by atoms with E-state index >= 15 is 0 Å². The Morgan fingerprint density at radius 2 is 2.25 bits per heavy atom. The summed E-state index contributed by atoms with van der Waals surface area (Å²) in [5.41, 5.74) is 0.697. The number of rotatable bonds is 4. The van der Waals surface area contributed by atoms with Gasteiger partial charge >= 0.3 is 0 Å². The van der Waals surface area contributed by atoms with Crippen molar-refractivity contribution in [1.29, 1.82) is 0 Å². The molecule has 1 aromatic heterocycles. The van der Waals surface area contributed by atoms with Gasteiger partial charge in [0.25, 0.3) is 11.6 Å². The van der Waals surface area contributed by atoms with E-state index < -0.39 is 10.8 Å². The van der Waals surface area contributed by atoms with Gasteiger partial charge in [-0.2, -0.15) is 5.10 Å². The Labute approximate surface area is 119 Å². The number of halogens is 1. The lowest BCUT2D eigenvalue weighted by Crippen LogP contribution is -2.24. The van der Waals surface area contributed by atoms with E-state index in [9.17, 15) is 14.9 Å². The minimum absolute atomic E-state index is 0.0723. The van der Waals surface area contributed by atoms with Crippen LogP contribution >= 0.6 is 11.6 Å². The van der Waals surface area contributed by atoms with Crippen molar-refractivity contribution in [3.05, 3.63) is 56.9 Å². The summed E-state index contributed by atoms with van der Waals surface area (Å²) in [6.07, 6.45) is 1.61. The molecule has 0 spiro atoms. The summed E-state index contributed by atoms with van der Waals surface area (Å²) in [6, 6.07) is 5.50. The number of amides is 1. The Morgan fingerprint density at radius 3 is 2.85 bits per heavy atom. The van der Waals surface area contributed by atoms with Crippen LogP contribution in [0.2, 0.25) is 5.02 Å². The van der Waals surface area contributed by atoms with Gasteiger partial charge < -0.3 is 5.32 Å². The van der Waals surface area contributed by atoms with Gasteiger partial charge in [-0.05, 0) is 12.1 Å². The van der Waals surface area contributed by atoms with E-state index in [-0.39, 0.29) is 22.8 Å². The highest BCUT2D eigenvalue weighted by Crippen LogP contribution is 2.21. The molecule has 1 amide bonds. The molecule has 0 saturated carbocycles. The molecule has 104 valence electrons. The fraction of sp³-hybridized carbons (Fsp3) is 0.167. The van der Waals surface area contributed by atoms with Crippen LogP contribution in [0.4, 0.5) is 5.69 Å². The average Bonchev–Trinajstić information content (AvgIpc) is 2.81. The van der Waals surface area contributed by atoms with Gasteiger partial charge in [-0.25, -0.2) is 0 Å². The van der Waals surface area contributed by atoms with Gasteiger partial charge in [0.15, 0.2) is 0 Å². The van der Waals surface area contributed by atoms with Crippen LogP contribution in [0.1, 0.15) is 16.1 Å². The molecule has 1 N–H and O–H groups in total. The fourth-order valence-corrected chi connectivity index (χ4v) is 1.84. The molecule has 0 bridgehead atoms. The van der Waals surface area contributed by atoms with E-state index in [2.05, 4.69) is 10.4 Å². The maximum Gasteiger partial charge on any atom is 0.270 e. The Balaban J connectivity index is 2.15. The van der Waals surface area contributed by atoms with E-state index in [0.717, 1.165) is 11.8 Å². The first-order chi connectivity index (χ1) is 9.49. The van der Waals surface area contributed by atoms with Crippen LogP contribution in [0.15, 0.2) is 30.5 Å². The second kappa shape index (κ2) is 5.70. The summed E-state index contributed by atoms with van der Waals surface area (Å²) >= 11 is 5.89. The SMILES string of the molecule is Cn1nccc1CNC(=O)c1cc([N+](=O)[O-])ccc1Cl. The number of carbonyl (C=O) groups is 1. The second-order valence-electron chi connectivity index (χ2n) is 4.05. The second-order valence-corrected chi connectivity index (χ2v) is 4.46. The third-order valence-corrected chi connectivity index (χ3v) is 3.09. The van der Waals surface area contributed by atoms with Crippen molar-refractivity contribution in [2.24, 2.45) is 7.05 Å². The quantitative estimate of drug-likeness (QED) is 0.689. The Kier molecular flexibility index (Phi) is 3.99. The van der Waals surface area contributed by atoms with E-state index in [4.69, 9.17) is 11.6 Å². The van der Waals surface area contributed by atoms with Gasteiger partial charge in [-0.1, -0.05) is 11.6 Å². The molecule has 2 aromatic rings. The van der Waals surface area contributed by atoms with Gasteiger partial charge in [0.2, 0.25) is 0 Å². The molecule has 2 rings (SSSR count). The number of nitro benzene ring substituents is 1. The zero-order valence-electron chi connectivity index (χ0n) is 10.5. The molecule has 0 atom stereocenters. The summed E-state index contributed by atoms with van der Waals surface area (Å²) < 4.78 is 1.62. The van der Waals surface area contributed by atoms with Crippen molar-refractivity contribution in [3.63, 3.8) is 0 Å². The minimum Gasteiger partial charge on any atom is -0.346 e. The number of non-ortho nitro benzene ring substituents is 1. The number of hydrogen-bond donors (Lipinski definition) is 1. The first-order valence-electron chi connectivity index (χ1n) is 5.68. The summed E-state index contributed by atoms with van der Waals surface area (Å²) in [7, 11) is 1.75. The molecule has 7 nitrogen and oxygen atoms in total. The molecule has 0 aliphatic carbocycles. The van der Waals surface area contributed by atoms with Crippen LogP contribution in [0, 0.1) is 10.1 Å². The van der Waals surface area contributed by atoms with Gasteiger partial charge in [-0.15, -0.1) is 0 Å². The number of nitrogens with zero attached hydrogens (tertiary/aromatic N) is 3. The lowest BCUT2D eigenvalue weighted by molar-refractivity contribution is -0.384. The van der Waals surface area contributed by atoms with Crippen LogP contribution in [0.25, 0.3) is 0 Å². The Bertz CT molecular complexity index is 668. The molecular weight excluding hydrogens is 284 g/mol. The molecule has 0 aliphatic rings. The van der Waals surface area contributed by atoms with E-state index in [0.29, 0.717) is 0 Å². The minimum atomic E-state index is -0.575. The average molecular weight is 295 g/mol. The summed E-state index contributed by atoms with van der Waals surface area (Å²) in [4.78, 5) is 22.1. The van der Waals surface area contributed by atoms with Crippen molar-refractivity contribution in [2.45, 2.75) is 6.54 Å². The predicted octanol–water partition coefficient (Wildman–Crippen LogP) is 1.91. The lowest BCUT2D eigenvalue weighted by Gasteiger charge is -2.07. The van der Waals surface area contributed by atoms with Crippen molar-refractivity contribution in [3.8, 4) is 0 Å². The first kappa shape index (κ1) is 14.0. The van der Waals surface area contributed by atoms with Crippen LogP contribution in [0.5, 0.6) is 0 Å². The van der Waals surface area contributed by atoms with Crippen molar-refractivity contribution < 1.29 is 9.72 Å². The van der Waals surface area contributed by atoms with E-state index in [1.54, 1.807) is 24.0 Å². The molecule has 1 aromatic carbocycles. The highest BCUT2D eigenvalue weighted by Gasteiger charge is 2.15. The largest absolute Gasteiger partial charge is 0.346 e. The van der Waals surface area contributed by atoms with Crippen molar-refractivity contribution in [2.75, 3.05) is 0 Å². The van der Waals surface area contributed by atoms with Crippen LogP contribution < -0.4 is 5.32 Å². The third kappa shape index (κ3) is 2.94. The van der Waals surface area contributed by atoms with Gasteiger partial charge in [0, 0.05) is 25.4 Å². The molecular formula is C12H11ClN4O3. The topological polar surface area (TPSA) is 90.1 Å².